The minimum absolute atomic E-state index is 0.0875. The van der Waals surface area contributed by atoms with Crippen LogP contribution in [-0.4, -0.2) is 37.5 Å². The zero-order valence-electron chi connectivity index (χ0n) is 24.7. The molecule has 11 nitrogen and oxygen atoms in total. The lowest BCUT2D eigenvalue weighted by molar-refractivity contribution is 0.102. The molecule has 6 N–H and O–H groups in total. The molecule has 42 heavy (non-hydrogen) atoms. The summed E-state index contributed by atoms with van der Waals surface area (Å²) in [7, 11) is -2.15. The van der Waals surface area contributed by atoms with Gasteiger partial charge in [0, 0.05) is 23.0 Å². The summed E-state index contributed by atoms with van der Waals surface area (Å²) in [4.78, 5) is 13.5. The fourth-order valence-corrected chi connectivity index (χ4v) is 5.72. The predicted octanol–water partition coefficient (Wildman–Crippen LogP) is 4.41. The molecule has 3 aromatic rings. The van der Waals surface area contributed by atoms with Crippen molar-refractivity contribution < 1.29 is 17.9 Å². The maximum Gasteiger partial charge on any atom is 0.255 e. The molecule has 2 saturated carbocycles. The number of ether oxygens (including phenoxy) is 1. The van der Waals surface area contributed by atoms with Crippen molar-refractivity contribution in [3.63, 3.8) is 0 Å². The van der Waals surface area contributed by atoms with Gasteiger partial charge in [-0.15, -0.1) is 0 Å². The lowest BCUT2D eigenvalue weighted by Gasteiger charge is -2.21. The van der Waals surface area contributed by atoms with E-state index in [1.807, 2.05) is 19.1 Å². The third kappa shape index (κ3) is 6.09. The second-order valence-electron chi connectivity index (χ2n) is 11.5. The van der Waals surface area contributed by atoms with E-state index in [0.29, 0.717) is 28.7 Å². The quantitative estimate of drug-likeness (QED) is 0.188. The summed E-state index contributed by atoms with van der Waals surface area (Å²) in [6.45, 7) is 6.08. The molecule has 0 saturated heterocycles. The van der Waals surface area contributed by atoms with Gasteiger partial charge in [-0.2, -0.15) is 5.10 Å². The van der Waals surface area contributed by atoms with Gasteiger partial charge in [-0.1, -0.05) is 19.9 Å². The number of hydrogen-bond acceptors (Lipinski definition) is 8. The number of rotatable bonds is 11. The van der Waals surface area contributed by atoms with Gasteiger partial charge in [-0.25, -0.2) is 14.3 Å². The molecular weight excluding hydrogens is 554 g/mol. The van der Waals surface area contributed by atoms with Crippen molar-refractivity contribution in [2.75, 3.05) is 28.4 Å². The van der Waals surface area contributed by atoms with Crippen LogP contribution in [0.3, 0.4) is 0 Å². The Labute approximate surface area is 246 Å². The van der Waals surface area contributed by atoms with E-state index in [2.05, 4.69) is 33.7 Å². The number of carbonyl (C=O) groups is 1. The monoisotopic (exact) mass is 593 g/mol. The number of hydrazine groups is 1. The molecule has 224 valence electrons. The molecule has 0 atom stereocenters. The van der Waals surface area contributed by atoms with Crippen molar-refractivity contribution in [3.8, 4) is 5.75 Å². The van der Waals surface area contributed by atoms with Crippen LogP contribution < -0.4 is 31.4 Å². The molecule has 1 heterocycles. The first-order valence-corrected chi connectivity index (χ1v) is 15.9. The minimum Gasteiger partial charge on any atom is -0.492 e. The number of aryl methyl sites for hydroxylation is 1. The molecule has 2 aromatic carbocycles. The topological polar surface area (TPSA) is 158 Å². The van der Waals surface area contributed by atoms with Gasteiger partial charge < -0.3 is 15.8 Å². The number of aromatic nitrogens is 2. The van der Waals surface area contributed by atoms with Crippen molar-refractivity contribution in [1.82, 2.24) is 9.78 Å². The van der Waals surface area contributed by atoms with Crippen molar-refractivity contribution in [3.05, 3.63) is 70.7 Å². The van der Waals surface area contributed by atoms with Crippen molar-refractivity contribution in [2.45, 2.75) is 64.3 Å². The van der Waals surface area contributed by atoms with Crippen LogP contribution in [0.2, 0.25) is 0 Å². The molecule has 0 aliphatic heterocycles. The fraction of sp³-hybridized carbons (Fsp3) is 0.400. The number of sulfonamides is 1. The highest BCUT2D eigenvalue weighted by Gasteiger charge is 2.40. The van der Waals surface area contributed by atoms with Gasteiger partial charge in [-0.3, -0.25) is 19.2 Å². The van der Waals surface area contributed by atoms with E-state index in [4.69, 9.17) is 16.3 Å². The Kier molecular flexibility index (Phi) is 7.71. The molecule has 1 amide bonds. The molecule has 0 radical (unpaired) electrons. The van der Waals surface area contributed by atoms with Gasteiger partial charge in [-0.05, 0) is 79.8 Å². The Bertz CT molecular complexity index is 1670. The lowest BCUT2D eigenvalue weighted by atomic mass is 9.96. The van der Waals surface area contributed by atoms with Crippen molar-refractivity contribution in [1.29, 1.82) is 0 Å². The van der Waals surface area contributed by atoms with Gasteiger partial charge >= 0.3 is 0 Å². The van der Waals surface area contributed by atoms with Gasteiger partial charge in [0.15, 0.2) is 5.75 Å². The molecule has 0 bridgehead atoms. The first kappa shape index (κ1) is 29.5. The normalized spacial score (nSPS) is 16.2. The average Bonchev–Trinajstić information content (AvgIpc) is 3.86. The molecule has 2 fully saturated rings. The Morgan fingerprint density at radius 3 is 2.52 bits per heavy atom. The second-order valence-corrected chi connectivity index (χ2v) is 13.3. The summed E-state index contributed by atoms with van der Waals surface area (Å²) in [6.07, 6.45) is 9.48. The van der Waals surface area contributed by atoms with Crippen LogP contribution in [0.25, 0.3) is 5.70 Å². The third-order valence-corrected chi connectivity index (χ3v) is 8.59. The Morgan fingerprint density at radius 1 is 1.24 bits per heavy atom. The maximum absolute atomic E-state index is 13.5. The molecule has 1 aromatic heterocycles. The Morgan fingerprint density at radius 2 is 1.93 bits per heavy atom. The van der Waals surface area contributed by atoms with Crippen molar-refractivity contribution in [2.24, 2.45) is 11.6 Å². The first-order valence-electron chi connectivity index (χ1n) is 14.0. The largest absolute Gasteiger partial charge is 0.492 e. The number of nitrogens with one attached hydrogen (secondary N) is 2. The van der Waals surface area contributed by atoms with Crippen LogP contribution in [0.1, 0.15) is 78.3 Å². The summed E-state index contributed by atoms with van der Waals surface area (Å²) < 4.78 is 34.3. The Balaban J connectivity index is 1.43. The molecule has 0 spiro atoms. The SMILES string of the molecule is CCc1c(/C(N)=C/N(N)c2cc(C(=O)Nc3cc(C4(C)CC4)cc(NS(C)(=O)=O)c3OC)ccc2C)cnn1C1CC1. The second kappa shape index (κ2) is 11.0. The number of nitrogens with zero attached hydrogens (tertiary/aromatic N) is 3. The van der Waals surface area contributed by atoms with E-state index in [-0.39, 0.29) is 16.9 Å². The maximum atomic E-state index is 13.5. The molecule has 5 rings (SSSR count). The smallest absolute Gasteiger partial charge is 0.255 e. The van der Waals surface area contributed by atoms with Crippen LogP contribution in [-0.2, 0) is 21.9 Å². The van der Waals surface area contributed by atoms with Crippen LogP contribution in [0, 0.1) is 6.92 Å². The molecule has 0 unspecified atom stereocenters. The van der Waals surface area contributed by atoms with Crippen LogP contribution in [0.5, 0.6) is 5.75 Å². The number of amides is 1. The van der Waals surface area contributed by atoms with E-state index in [9.17, 15) is 13.2 Å². The summed E-state index contributed by atoms with van der Waals surface area (Å²) >= 11 is 0. The van der Waals surface area contributed by atoms with Gasteiger partial charge in [0.25, 0.3) is 5.91 Å². The highest BCUT2D eigenvalue weighted by Crippen LogP contribution is 2.51. The minimum atomic E-state index is -3.59. The van der Waals surface area contributed by atoms with Crippen molar-refractivity contribution >= 4 is 38.7 Å². The third-order valence-electron chi connectivity index (χ3n) is 8.00. The Hall–Kier alpha value is -4.03. The van der Waals surface area contributed by atoms with Gasteiger partial charge in [0.1, 0.15) is 0 Å². The standard InChI is InChI=1S/C30H39N7O4S/c1-6-26-22(16-33-37(26)21-9-10-21)23(31)17-36(32)27-13-19(8-7-18(27)2)29(38)34-24-14-20(30(3)11-12-30)15-25(28(24)41-4)35-42(5,39)40/h7-8,13-17,21,35H,6,9-12,31-32H2,1-5H3,(H,34,38)/b23-17-. The summed E-state index contributed by atoms with van der Waals surface area (Å²) in [5.74, 6) is 6.28. The van der Waals surface area contributed by atoms with Crippen LogP contribution >= 0.6 is 0 Å². The molecule has 2 aliphatic carbocycles. The molecule has 12 heteroatoms. The first-order chi connectivity index (χ1) is 19.8. The average molecular weight is 594 g/mol. The number of nitrogens with two attached hydrogens (primary N) is 2. The zero-order valence-corrected chi connectivity index (χ0v) is 25.5. The summed E-state index contributed by atoms with van der Waals surface area (Å²) in [6, 6.07) is 9.27. The highest BCUT2D eigenvalue weighted by molar-refractivity contribution is 7.92. The fourth-order valence-electron chi connectivity index (χ4n) is 5.17. The van der Waals surface area contributed by atoms with E-state index >= 15 is 0 Å². The number of anilines is 3. The number of carbonyl (C=O) groups excluding carboxylic acids is 1. The van der Waals surface area contributed by atoms with Crippen LogP contribution in [0.4, 0.5) is 17.1 Å². The summed E-state index contributed by atoms with van der Waals surface area (Å²) in [5, 5.41) is 8.88. The van der Waals surface area contributed by atoms with Gasteiger partial charge in [0.05, 0.1) is 48.4 Å². The molecule has 2 aliphatic rings. The summed E-state index contributed by atoms with van der Waals surface area (Å²) in [5.41, 5.74) is 12.2. The lowest BCUT2D eigenvalue weighted by Crippen LogP contribution is -2.27. The van der Waals surface area contributed by atoms with Crippen LogP contribution in [0.15, 0.2) is 42.7 Å². The number of methoxy groups -OCH3 is 1. The van der Waals surface area contributed by atoms with E-state index < -0.39 is 15.9 Å². The number of hydrogen-bond donors (Lipinski definition) is 4. The highest BCUT2D eigenvalue weighted by atomic mass is 32.2. The van der Waals surface area contributed by atoms with E-state index in [1.54, 1.807) is 30.6 Å². The van der Waals surface area contributed by atoms with Gasteiger partial charge in [0.2, 0.25) is 10.0 Å². The predicted molar refractivity (Wildman–Crippen MR) is 166 cm³/mol. The zero-order chi connectivity index (χ0) is 30.4. The van der Waals surface area contributed by atoms with E-state index in [1.165, 1.54) is 12.1 Å². The molecular formula is C30H39N7O4S. The van der Waals surface area contributed by atoms with E-state index in [0.717, 1.165) is 60.7 Å². The number of benzene rings is 2.